The van der Waals surface area contributed by atoms with E-state index in [4.69, 9.17) is 5.10 Å². The molecule has 5 rings (SSSR count). The molecule has 5 nitrogen and oxygen atoms in total. The number of aromatic nitrogens is 5. The van der Waals surface area contributed by atoms with Crippen molar-refractivity contribution >= 4 is 15.9 Å². The first-order chi connectivity index (χ1) is 14.8. The quantitative estimate of drug-likeness (QED) is 0.346. The fourth-order valence-electron chi connectivity index (χ4n) is 3.38. The highest BCUT2D eigenvalue weighted by molar-refractivity contribution is 9.10. The van der Waals surface area contributed by atoms with Crippen molar-refractivity contribution < 1.29 is 0 Å². The van der Waals surface area contributed by atoms with Crippen molar-refractivity contribution in [2.24, 2.45) is 0 Å². The third-order valence-electron chi connectivity index (χ3n) is 4.87. The van der Waals surface area contributed by atoms with Crippen molar-refractivity contribution in [3.8, 4) is 28.2 Å². The number of nitrogens with zero attached hydrogens (tertiary/aromatic N) is 5. The van der Waals surface area contributed by atoms with E-state index in [0.717, 1.165) is 38.2 Å². The van der Waals surface area contributed by atoms with E-state index in [2.05, 4.69) is 44.6 Å². The SMILES string of the molecule is Brc1ccc(-c2cn(Cc3cn(-c4ccccc4)nc3-c3ccccc3)nn2)cc1. The number of hydrogen-bond acceptors (Lipinski definition) is 3. The third-order valence-corrected chi connectivity index (χ3v) is 5.40. The summed E-state index contributed by atoms with van der Waals surface area (Å²) in [6.07, 6.45) is 4.04. The second kappa shape index (κ2) is 8.08. The van der Waals surface area contributed by atoms with Crippen LogP contribution in [0.15, 0.2) is 102 Å². The Morgan fingerprint density at radius 2 is 1.43 bits per heavy atom. The Morgan fingerprint density at radius 1 is 0.733 bits per heavy atom. The van der Waals surface area contributed by atoms with E-state index in [9.17, 15) is 0 Å². The Morgan fingerprint density at radius 3 is 2.17 bits per heavy atom. The number of halogens is 1. The lowest BCUT2D eigenvalue weighted by molar-refractivity contribution is 0.650. The summed E-state index contributed by atoms with van der Waals surface area (Å²) in [6.45, 7) is 0.584. The van der Waals surface area contributed by atoms with Crippen LogP contribution in [0.1, 0.15) is 5.56 Å². The van der Waals surface area contributed by atoms with Crippen LogP contribution in [-0.4, -0.2) is 24.8 Å². The average molecular weight is 456 g/mol. The maximum Gasteiger partial charge on any atom is 0.113 e. The zero-order chi connectivity index (χ0) is 20.3. The first kappa shape index (κ1) is 18.5. The molecule has 0 N–H and O–H groups in total. The minimum atomic E-state index is 0.584. The number of para-hydroxylation sites is 1. The van der Waals surface area contributed by atoms with Gasteiger partial charge >= 0.3 is 0 Å². The Kier molecular flexibility index (Phi) is 4.99. The zero-order valence-electron chi connectivity index (χ0n) is 16.1. The molecule has 2 heterocycles. The number of benzene rings is 3. The van der Waals surface area contributed by atoms with E-state index in [1.165, 1.54) is 0 Å². The van der Waals surface area contributed by atoms with E-state index in [1.807, 2.05) is 88.4 Å². The summed E-state index contributed by atoms with van der Waals surface area (Å²) in [5.74, 6) is 0. The van der Waals surface area contributed by atoms with Crippen LogP contribution in [-0.2, 0) is 6.54 Å². The van der Waals surface area contributed by atoms with E-state index in [0.29, 0.717) is 6.54 Å². The van der Waals surface area contributed by atoms with E-state index < -0.39 is 0 Å². The molecule has 0 saturated heterocycles. The van der Waals surface area contributed by atoms with Crippen molar-refractivity contribution in [3.05, 3.63) is 107 Å². The Bertz CT molecular complexity index is 1260. The summed E-state index contributed by atoms with van der Waals surface area (Å²) in [5.41, 5.74) is 6.01. The third kappa shape index (κ3) is 3.82. The van der Waals surface area contributed by atoms with Gasteiger partial charge in [0.25, 0.3) is 0 Å². The van der Waals surface area contributed by atoms with Crippen molar-refractivity contribution in [2.75, 3.05) is 0 Å². The van der Waals surface area contributed by atoms with Crippen LogP contribution >= 0.6 is 15.9 Å². The first-order valence-electron chi connectivity index (χ1n) is 9.62. The monoisotopic (exact) mass is 455 g/mol. The van der Waals surface area contributed by atoms with Crippen molar-refractivity contribution in [3.63, 3.8) is 0 Å². The lowest BCUT2D eigenvalue weighted by Gasteiger charge is -2.02. The zero-order valence-corrected chi connectivity index (χ0v) is 17.6. The molecule has 0 atom stereocenters. The standard InChI is InChI=1S/C24H18BrN5/c25-21-13-11-18(12-14-21)23-17-29(28-26-23)15-20-16-30(22-9-5-2-6-10-22)27-24(20)19-7-3-1-4-8-19/h1-14,16-17H,15H2. The Balaban J connectivity index is 1.51. The van der Waals surface area contributed by atoms with Crippen LogP contribution in [0.5, 0.6) is 0 Å². The Hall–Kier alpha value is -3.51. The molecular weight excluding hydrogens is 438 g/mol. The molecule has 5 aromatic rings. The maximum absolute atomic E-state index is 4.87. The molecule has 0 radical (unpaired) electrons. The van der Waals surface area contributed by atoms with Gasteiger partial charge < -0.3 is 0 Å². The van der Waals surface area contributed by atoms with E-state index in [1.54, 1.807) is 0 Å². The first-order valence-corrected chi connectivity index (χ1v) is 10.4. The average Bonchev–Trinajstić information content (AvgIpc) is 3.43. The summed E-state index contributed by atoms with van der Waals surface area (Å²) >= 11 is 3.47. The molecule has 3 aromatic carbocycles. The van der Waals surface area contributed by atoms with E-state index >= 15 is 0 Å². The van der Waals surface area contributed by atoms with Gasteiger partial charge in [0.15, 0.2) is 0 Å². The Labute approximate surface area is 182 Å². The highest BCUT2D eigenvalue weighted by atomic mass is 79.9. The molecule has 0 unspecified atom stereocenters. The van der Waals surface area contributed by atoms with Crippen molar-refractivity contribution in [2.45, 2.75) is 6.54 Å². The maximum atomic E-state index is 4.87. The molecule has 0 amide bonds. The molecule has 6 heteroatoms. The molecule has 0 bridgehead atoms. The summed E-state index contributed by atoms with van der Waals surface area (Å²) in [6, 6.07) is 28.4. The number of rotatable bonds is 5. The lowest BCUT2D eigenvalue weighted by atomic mass is 10.1. The van der Waals surface area contributed by atoms with Crippen LogP contribution in [0.25, 0.3) is 28.2 Å². The van der Waals surface area contributed by atoms with Crippen molar-refractivity contribution in [1.82, 2.24) is 24.8 Å². The minimum absolute atomic E-state index is 0.584. The smallest absolute Gasteiger partial charge is 0.113 e. The molecule has 30 heavy (non-hydrogen) atoms. The van der Waals surface area contributed by atoms with Crippen molar-refractivity contribution in [1.29, 1.82) is 0 Å². The van der Waals surface area contributed by atoms with Gasteiger partial charge in [-0.15, -0.1) is 5.10 Å². The van der Waals surface area contributed by atoms with Gasteiger partial charge in [-0.25, -0.2) is 9.36 Å². The predicted molar refractivity (Wildman–Crippen MR) is 121 cm³/mol. The lowest BCUT2D eigenvalue weighted by Crippen LogP contribution is -2.01. The highest BCUT2D eigenvalue weighted by Crippen LogP contribution is 2.25. The van der Waals surface area contributed by atoms with Gasteiger partial charge in [-0.2, -0.15) is 5.10 Å². The van der Waals surface area contributed by atoms with Crippen LogP contribution in [0.2, 0.25) is 0 Å². The topological polar surface area (TPSA) is 48.5 Å². The second-order valence-corrected chi connectivity index (χ2v) is 7.87. The van der Waals surface area contributed by atoms with Gasteiger partial charge in [0, 0.05) is 27.4 Å². The number of hydrogen-bond donors (Lipinski definition) is 0. The molecule has 2 aromatic heterocycles. The molecule has 0 spiro atoms. The molecule has 0 fully saturated rings. The summed E-state index contributed by atoms with van der Waals surface area (Å²) < 4.78 is 4.82. The van der Waals surface area contributed by atoms with Gasteiger partial charge in [0.2, 0.25) is 0 Å². The summed E-state index contributed by atoms with van der Waals surface area (Å²) in [5, 5.41) is 13.6. The van der Waals surface area contributed by atoms with Gasteiger partial charge in [-0.05, 0) is 24.3 Å². The molecule has 146 valence electrons. The largest absolute Gasteiger partial charge is 0.247 e. The second-order valence-electron chi connectivity index (χ2n) is 6.96. The molecule has 0 aliphatic carbocycles. The van der Waals surface area contributed by atoms with Gasteiger partial charge in [-0.3, -0.25) is 0 Å². The highest BCUT2D eigenvalue weighted by Gasteiger charge is 2.14. The fourth-order valence-corrected chi connectivity index (χ4v) is 3.64. The van der Waals surface area contributed by atoms with Gasteiger partial charge in [0.05, 0.1) is 24.1 Å². The predicted octanol–water partition coefficient (Wildman–Crippen LogP) is 5.61. The van der Waals surface area contributed by atoms with Crippen LogP contribution in [0.4, 0.5) is 0 Å². The summed E-state index contributed by atoms with van der Waals surface area (Å²) in [7, 11) is 0. The molecule has 0 aliphatic heterocycles. The van der Waals surface area contributed by atoms with Gasteiger partial charge in [0.1, 0.15) is 5.69 Å². The summed E-state index contributed by atoms with van der Waals surface area (Å²) in [4.78, 5) is 0. The van der Waals surface area contributed by atoms with Gasteiger partial charge in [-0.1, -0.05) is 81.8 Å². The van der Waals surface area contributed by atoms with Crippen LogP contribution in [0, 0.1) is 0 Å². The van der Waals surface area contributed by atoms with E-state index in [-0.39, 0.29) is 0 Å². The minimum Gasteiger partial charge on any atom is -0.247 e. The van der Waals surface area contributed by atoms with Crippen LogP contribution in [0.3, 0.4) is 0 Å². The van der Waals surface area contributed by atoms with Crippen LogP contribution < -0.4 is 0 Å². The normalized spacial score (nSPS) is 11.0. The fraction of sp³-hybridized carbons (Fsp3) is 0.0417. The molecule has 0 aliphatic rings. The molecular formula is C24H18BrN5. The molecule has 0 saturated carbocycles.